The highest BCUT2D eigenvalue weighted by Crippen LogP contribution is 2.29. The first kappa shape index (κ1) is 17.2. The minimum atomic E-state index is -0.813. The Balaban J connectivity index is 1.63. The number of aliphatic carboxylic acids is 1. The van der Waals surface area contributed by atoms with Crippen molar-refractivity contribution < 1.29 is 23.9 Å². The highest BCUT2D eigenvalue weighted by molar-refractivity contribution is 7.18. The molecule has 0 aromatic carbocycles. The maximum atomic E-state index is 12.4. The number of thiophene rings is 1. The minimum absolute atomic E-state index is 0.128. The number of aryl methyl sites for hydroxylation is 1. The number of carbonyl (C=O) groups excluding carboxylic acids is 2. The molecule has 0 saturated heterocycles. The first-order chi connectivity index (χ1) is 11.9. The molecule has 0 bridgehead atoms. The number of furan rings is 1. The number of carboxylic acid groups (broad SMARTS) is 1. The molecule has 1 saturated carbocycles. The molecule has 0 unspecified atom stereocenters. The highest BCUT2D eigenvalue weighted by atomic mass is 32.1. The van der Waals surface area contributed by atoms with E-state index in [9.17, 15) is 14.4 Å². The number of carbonyl (C=O) groups is 3. The first-order valence-electron chi connectivity index (χ1n) is 7.93. The summed E-state index contributed by atoms with van der Waals surface area (Å²) in [5.41, 5.74) is 0.755. The largest absolute Gasteiger partial charge is 0.481 e. The van der Waals surface area contributed by atoms with Gasteiger partial charge in [-0.3, -0.25) is 14.4 Å². The van der Waals surface area contributed by atoms with Crippen LogP contribution in [0.1, 0.15) is 45.1 Å². The molecule has 3 N–H and O–H groups in total. The third-order valence-corrected chi connectivity index (χ3v) is 5.37. The fourth-order valence-electron chi connectivity index (χ4n) is 2.94. The van der Waals surface area contributed by atoms with Crippen molar-refractivity contribution in [2.75, 3.05) is 5.32 Å². The number of amides is 2. The van der Waals surface area contributed by atoms with Crippen LogP contribution in [0.5, 0.6) is 0 Å². The van der Waals surface area contributed by atoms with Crippen molar-refractivity contribution in [1.29, 1.82) is 0 Å². The molecule has 8 heteroatoms. The van der Waals surface area contributed by atoms with Crippen LogP contribution in [0.3, 0.4) is 0 Å². The van der Waals surface area contributed by atoms with E-state index in [1.807, 2.05) is 0 Å². The Morgan fingerprint density at radius 2 is 2.08 bits per heavy atom. The second kappa shape index (κ2) is 7.10. The smallest absolute Gasteiger partial charge is 0.306 e. The zero-order valence-corrected chi connectivity index (χ0v) is 14.4. The van der Waals surface area contributed by atoms with E-state index in [1.54, 1.807) is 25.1 Å². The van der Waals surface area contributed by atoms with Crippen LogP contribution < -0.4 is 10.6 Å². The third-order valence-electron chi connectivity index (χ3n) is 4.22. The number of nitrogens with one attached hydrogen (secondary N) is 2. The van der Waals surface area contributed by atoms with E-state index < -0.39 is 11.9 Å². The molecule has 132 valence electrons. The molecular weight excluding hydrogens is 344 g/mol. The molecule has 2 heterocycles. The van der Waals surface area contributed by atoms with Crippen LogP contribution in [-0.2, 0) is 4.79 Å². The van der Waals surface area contributed by atoms with E-state index in [4.69, 9.17) is 9.52 Å². The lowest BCUT2D eigenvalue weighted by molar-refractivity contribution is -0.141. The molecule has 2 aromatic rings. The molecule has 1 aliphatic carbocycles. The van der Waals surface area contributed by atoms with Gasteiger partial charge in [0.2, 0.25) is 0 Å². The van der Waals surface area contributed by atoms with Gasteiger partial charge in [0.1, 0.15) is 0 Å². The predicted molar refractivity (Wildman–Crippen MR) is 91.9 cm³/mol. The van der Waals surface area contributed by atoms with E-state index in [0.717, 1.165) is 5.56 Å². The maximum absolute atomic E-state index is 12.4. The number of carboxylic acids is 1. The first-order valence-corrected chi connectivity index (χ1v) is 8.74. The summed E-state index contributed by atoms with van der Waals surface area (Å²) in [4.78, 5) is 35.9. The van der Waals surface area contributed by atoms with Crippen molar-refractivity contribution in [3.05, 3.63) is 40.7 Å². The zero-order chi connectivity index (χ0) is 18.0. The Labute approximate surface area is 148 Å². The topological polar surface area (TPSA) is 109 Å². The number of rotatable bonds is 5. The average molecular weight is 362 g/mol. The molecule has 0 aliphatic heterocycles. The van der Waals surface area contributed by atoms with Crippen LogP contribution in [0.25, 0.3) is 0 Å². The van der Waals surface area contributed by atoms with Gasteiger partial charge in [-0.15, -0.1) is 11.3 Å². The highest BCUT2D eigenvalue weighted by Gasteiger charge is 2.31. The molecule has 25 heavy (non-hydrogen) atoms. The lowest BCUT2D eigenvalue weighted by Crippen LogP contribution is -2.33. The molecule has 3 rings (SSSR count). The summed E-state index contributed by atoms with van der Waals surface area (Å²) in [5, 5.41) is 15.2. The number of hydrogen-bond acceptors (Lipinski definition) is 5. The predicted octanol–water partition coefficient (Wildman–Crippen LogP) is 2.88. The van der Waals surface area contributed by atoms with Crippen LogP contribution in [0.2, 0.25) is 0 Å². The monoisotopic (exact) mass is 362 g/mol. The van der Waals surface area contributed by atoms with E-state index in [0.29, 0.717) is 29.1 Å². The molecule has 2 amide bonds. The molecule has 0 spiro atoms. The summed E-state index contributed by atoms with van der Waals surface area (Å²) in [7, 11) is 0. The van der Waals surface area contributed by atoms with Crippen LogP contribution in [0.15, 0.2) is 28.9 Å². The molecule has 2 atom stereocenters. The van der Waals surface area contributed by atoms with E-state index >= 15 is 0 Å². The Morgan fingerprint density at radius 1 is 1.28 bits per heavy atom. The van der Waals surface area contributed by atoms with Gasteiger partial charge in [-0.2, -0.15) is 0 Å². The van der Waals surface area contributed by atoms with Crippen LogP contribution >= 0.6 is 11.3 Å². The Bertz CT molecular complexity index is 796. The van der Waals surface area contributed by atoms with E-state index in [1.165, 1.54) is 17.6 Å². The van der Waals surface area contributed by atoms with Crippen molar-refractivity contribution in [3.8, 4) is 0 Å². The molecule has 1 fully saturated rings. The van der Waals surface area contributed by atoms with Crippen LogP contribution in [0.4, 0.5) is 5.00 Å². The summed E-state index contributed by atoms with van der Waals surface area (Å²) >= 11 is 1.18. The van der Waals surface area contributed by atoms with Crippen molar-refractivity contribution >= 4 is 34.1 Å². The Kier molecular flexibility index (Phi) is 4.89. The van der Waals surface area contributed by atoms with E-state index in [-0.39, 0.29) is 23.6 Å². The quantitative estimate of drug-likeness (QED) is 0.758. The van der Waals surface area contributed by atoms with Gasteiger partial charge in [0.15, 0.2) is 5.76 Å². The molecular formula is C17H18N2O5S. The lowest BCUT2D eigenvalue weighted by atomic mass is 10.1. The molecule has 7 nitrogen and oxygen atoms in total. The Hall–Kier alpha value is -2.61. The fourth-order valence-corrected chi connectivity index (χ4v) is 3.91. The standard InChI is InChI=1S/C17H18N2O5S/c1-9-7-13(19-15(20)12-3-2-6-24-12)25-14(9)16(21)18-11-5-4-10(8-11)17(22)23/h2-3,6-7,10-11H,4-5,8H2,1H3,(H,18,21)(H,19,20)(H,22,23)/t10-,11+/m0/s1. The van der Waals surface area contributed by atoms with Gasteiger partial charge in [-0.05, 0) is 49.9 Å². The maximum Gasteiger partial charge on any atom is 0.306 e. The van der Waals surface area contributed by atoms with Gasteiger partial charge in [0.05, 0.1) is 22.1 Å². The third kappa shape index (κ3) is 3.90. The van der Waals surface area contributed by atoms with Crippen LogP contribution in [-0.4, -0.2) is 28.9 Å². The van der Waals surface area contributed by atoms with Gasteiger partial charge in [-0.25, -0.2) is 0 Å². The zero-order valence-electron chi connectivity index (χ0n) is 13.6. The normalized spacial score (nSPS) is 19.6. The summed E-state index contributed by atoms with van der Waals surface area (Å²) in [6, 6.07) is 4.79. The summed E-state index contributed by atoms with van der Waals surface area (Å²) in [6.07, 6.45) is 3.11. The van der Waals surface area contributed by atoms with Crippen molar-refractivity contribution in [2.24, 2.45) is 5.92 Å². The summed E-state index contributed by atoms with van der Waals surface area (Å²) in [5.74, 6) is -1.62. The van der Waals surface area contributed by atoms with Crippen molar-refractivity contribution in [2.45, 2.75) is 32.2 Å². The average Bonchev–Trinajstić information content (AvgIpc) is 3.27. The minimum Gasteiger partial charge on any atom is -0.481 e. The van der Waals surface area contributed by atoms with Crippen LogP contribution in [0, 0.1) is 12.8 Å². The second-order valence-electron chi connectivity index (χ2n) is 6.07. The van der Waals surface area contributed by atoms with Gasteiger partial charge < -0.3 is 20.2 Å². The summed E-state index contributed by atoms with van der Waals surface area (Å²) < 4.78 is 5.04. The molecule has 1 aliphatic rings. The van der Waals surface area contributed by atoms with E-state index in [2.05, 4.69) is 10.6 Å². The SMILES string of the molecule is Cc1cc(NC(=O)c2ccco2)sc1C(=O)N[C@@H]1CC[C@H](C(=O)O)C1. The fraction of sp³-hybridized carbons (Fsp3) is 0.353. The Morgan fingerprint density at radius 3 is 2.72 bits per heavy atom. The second-order valence-corrected chi connectivity index (χ2v) is 7.13. The lowest BCUT2D eigenvalue weighted by Gasteiger charge is -2.11. The van der Waals surface area contributed by atoms with Gasteiger partial charge in [0, 0.05) is 6.04 Å². The van der Waals surface area contributed by atoms with Gasteiger partial charge >= 0.3 is 5.97 Å². The summed E-state index contributed by atoms with van der Waals surface area (Å²) in [6.45, 7) is 1.79. The van der Waals surface area contributed by atoms with Crippen molar-refractivity contribution in [1.82, 2.24) is 5.32 Å². The number of anilines is 1. The van der Waals surface area contributed by atoms with Crippen molar-refractivity contribution in [3.63, 3.8) is 0 Å². The molecule has 2 aromatic heterocycles. The van der Waals surface area contributed by atoms with Gasteiger partial charge in [0.25, 0.3) is 11.8 Å². The molecule has 0 radical (unpaired) electrons. The van der Waals surface area contributed by atoms with Gasteiger partial charge in [-0.1, -0.05) is 0 Å². The number of hydrogen-bond donors (Lipinski definition) is 3.